The van der Waals surface area contributed by atoms with E-state index in [1.165, 1.54) is 12.3 Å². The number of hydrogen-bond donors (Lipinski definition) is 2. The summed E-state index contributed by atoms with van der Waals surface area (Å²) in [6.45, 7) is 7.42. The molecule has 2 atom stereocenters. The normalized spacial score (nSPS) is 33.3. The summed E-state index contributed by atoms with van der Waals surface area (Å²) >= 11 is 0. The van der Waals surface area contributed by atoms with Gasteiger partial charge in [0.2, 0.25) is 12.1 Å². The van der Waals surface area contributed by atoms with Crippen molar-refractivity contribution < 1.29 is 9.18 Å². The number of aliphatic imine (C=N–C) groups is 1. The highest BCUT2D eigenvalue weighted by Crippen LogP contribution is 2.60. The molecule has 6 rings (SSSR count). The van der Waals surface area contributed by atoms with E-state index in [2.05, 4.69) is 38.9 Å². The van der Waals surface area contributed by atoms with Crippen molar-refractivity contribution in [3.8, 4) is 6.19 Å². The highest BCUT2D eigenvalue weighted by atomic mass is 19.1. The first kappa shape index (κ1) is 24.0. The number of nitrogens with zero attached hydrogens (tertiary/aromatic N) is 5. The minimum atomic E-state index is -0.470. The number of carbonyl (C=O) groups excluding carboxylic acids is 1. The number of primary amides is 1. The standard InChI is InChI=1S/C26H36FN7O/c1-25(2,34-5-3-4-33(6-7-34)21-10-20(27)14-30-15-21)24(31-16-28)32-22-18-8-17-9-19(22)13-26(11-17,12-18)23(29)35/h10,14-15,17-19,22H,3-9,11-13H2,1-2H3,(H2,29,35)(H,31,32). The van der Waals surface area contributed by atoms with Gasteiger partial charge in [0.25, 0.3) is 0 Å². The smallest absolute Gasteiger partial charge is 0.223 e. The quantitative estimate of drug-likeness (QED) is 0.380. The summed E-state index contributed by atoms with van der Waals surface area (Å²) in [4.78, 5) is 25.2. The molecule has 1 amide bonds. The van der Waals surface area contributed by atoms with Crippen LogP contribution in [0.1, 0.15) is 52.4 Å². The van der Waals surface area contributed by atoms with Gasteiger partial charge in [-0.25, -0.2) is 4.39 Å². The summed E-state index contributed by atoms with van der Waals surface area (Å²) in [6, 6.07) is 1.75. The van der Waals surface area contributed by atoms with E-state index in [4.69, 9.17) is 5.73 Å². The summed E-state index contributed by atoms with van der Waals surface area (Å²) in [7, 11) is 0. The zero-order valence-corrected chi connectivity index (χ0v) is 20.7. The average molecular weight is 482 g/mol. The van der Waals surface area contributed by atoms with Crippen molar-refractivity contribution in [3.05, 3.63) is 24.3 Å². The Morgan fingerprint density at radius 2 is 1.97 bits per heavy atom. The number of rotatable bonds is 5. The van der Waals surface area contributed by atoms with Crippen LogP contribution in [-0.2, 0) is 4.79 Å². The number of amidine groups is 1. The number of amides is 1. The van der Waals surface area contributed by atoms with Crippen molar-refractivity contribution in [1.29, 1.82) is 5.26 Å². The molecule has 4 aliphatic carbocycles. The molecule has 188 valence electrons. The van der Waals surface area contributed by atoms with E-state index >= 15 is 0 Å². The van der Waals surface area contributed by atoms with Gasteiger partial charge < -0.3 is 16.0 Å². The molecule has 35 heavy (non-hydrogen) atoms. The molecule has 4 bridgehead atoms. The zero-order chi connectivity index (χ0) is 24.8. The Morgan fingerprint density at radius 1 is 1.23 bits per heavy atom. The fourth-order valence-corrected chi connectivity index (χ4v) is 7.57. The van der Waals surface area contributed by atoms with Gasteiger partial charge in [-0.1, -0.05) is 0 Å². The summed E-state index contributed by atoms with van der Waals surface area (Å²) in [5, 5.41) is 13.3. The first-order valence-electron chi connectivity index (χ1n) is 12.9. The molecule has 0 radical (unpaired) electrons. The van der Waals surface area contributed by atoms with Gasteiger partial charge in [0, 0.05) is 43.7 Å². The molecule has 0 aromatic carbocycles. The van der Waals surface area contributed by atoms with Crippen LogP contribution >= 0.6 is 0 Å². The van der Waals surface area contributed by atoms with E-state index < -0.39 is 5.54 Å². The van der Waals surface area contributed by atoms with Gasteiger partial charge in [-0.05, 0) is 70.1 Å². The lowest BCUT2D eigenvalue weighted by Gasteiger charge is -2.59. The molecule has 5 aliphatic rings. The summed E-state index contributed by atoms with van der Waals surface area (Å²) < 4.78 is 13.7. The van der Waals surface area contributed by atoms with Gasteiger partial charge >= 0.3 is 0 Å². The van der Waals surface area contributed by atoms with Crippen LogP contribution in [0.2, 0.25) is 0 Å². The molecule has 0 spiro atoms. The van der Waals surface area contributed by atoms with Crippen LogP contribution in [0.25, 0.3) is 0 Å². The minimum Gasteiger partial charge on any atom is -0.369 e. The van der Waals surface area contributed by atoms with Gasteiger partial charge in [-0.2, -0.15) is 10.3 Å². The van der Waals surface area contributed by atoms with Crippen LogP contribution in [-0.4, -0.2) is 59.4 Å². The van der Waals surface area contributed by atoms with Crippen molar-refractivity contribution in [2.75, 3.05) is 31.1 Å². The van der Waals surface area contributed by atoms with Crippen LogP contribution in [0, 0.1) is 40.4 Å². The van der Waals surface area contributed by atoms with Crippen molar-refractivity contribution >= 4 is 17.4 Å². The maximum atomic E-state index is 13.7. The summed E-state index contributed by atoms with van der Waals surface area (Å²) in [5.41, 5.74) is 5.86. The Hall–Kier alpha value is -2.73. The first-order valence-corrected chi connectivity index (χ1v) is 12.9. The Labute approximate surface area is 206 Å². The lowest BCUT2D eigenvalue weighted by atomic mass is 9.47. The van der Waals surface area contributed by atoms with Crippen LogP contribution in [0.5, 0.6) is 0 Å². The summed E-state index contributed by atoms with van der Waals surface area (Å²) in [6.07, 6.45) is 10.7. The fraction of sp³-hybridized carbons (Fsp3) is 0.692. The Balaban J connectivity index is 1.31. The number of nitriles is 1. The zero-order valence-electron chi connectivity index (χ0n) is 20.7. The number of pyridine rings is 1. The summed E-state index contributed by atoms with van der Waals surface area (Å²) in [5.74, 6) is 1.58. The highest BCUT2D eigenvalue weighted by Gasteiger charge is 2.58. The van der Waals surface area contributed by atoms with Crippen LogP contribution in [0.4, 0.5) is 10.1 Å². The van der Waals surface area contributed by atoms with E-state index in [1.54, 1.807) is 6.20 Å². The largest absolute Gasteiger partial charge is 0.369 e. The molecule has 2 heterocycles. The molecule has 4 saturated carbocycles. The van der Waals surface area contributed by atoms with E-state index in [0.717, 1.165) is 70.4 Å². The van der Waals surface area contributed by atoms with Crippen molar-refractivity contribution in [2.24, 2.45) is 33.9 Å². The topological polar surface area (TPSA) is 111 Å². The third-order valence-electron chi connectivity index (χ3n) is 9.18. The first-order chi connectivity index (χ1) is 16.7. The minimum absolute atomic E-state index is 0.135. The predicted octanol–water partition coefficient (Wildman–Crippen LogP) is 2.66. The van der Waals surface area contributed by atoms with E-state index in [0.29, 0.717) is 23.6 Å². The molecular weight excluding hydrogens is 445 g/mol. The SMILES string of the molecule is CC(C)(/C(=N\C#N)NC1C2CC3CC1CC(C(N)=O)(C3)C2)N1CCCN(c2cncc(F)c2)CC1. The van der Waals surface area contributed by atoms with Gasteiger partial charge in [-0.3, -0.25) is 14.7 Å². The molecule has 2 unspecified atom stereocenters. The molecule has 5 fully saturated rings. The Bertz CT molecular complexity index is 1030. The third-order valence-corrected chi connectivity index (χ3v) is 9.18. The predicted molar refractivity (Wildman–Crippen MR) is 132 cm³/mol. The van der Waals surface area contributed by atoms with E-state index in [-0.39, 0.29) is 23.2 Å². The number of nitrogens with two attached hydrogens (primary N) is 1. The third kappa shape index (κ3) is 4.37. The van der Waals surface area contributed by atoms with Crippen LogP contribution in [0.15, 0.2) is 23.5 Å². The average Bonchev–Trinajstić information content (AvgIpc) is 3.07. The van der Waals surface area contributed by atoms with Crippen LogP contribution in [0.3, 0.4) is 0 Å². The van der Waals surface area contributed by atoms with Gasteiger partial charge in [-0.15, -0.1) is 0 Å². The molecule has 9 heteroatoms. The number of nitrogens with one attached hydrogen (secondary N) is 1. The van der Waals surface area contributed by atoms with Gasteiger partial charge in [0.1, 0.15) is 11.7 Å². The fourth-order valence-electron chi connectivity index (χ4n) is 7.57. The second-order valence-corrected chi connectivity index (χ2v) is 11.6. The highest BCUT2D eigenvalue weighted by molar-refractivity contribution is 5.92. The number of carbonyl (C=O) groups is 1. The number of hydrogen-bond acceptors (Lipinski definition) is 6. The number of anilines is 1. The lowest BCUT2D eigenvalue weighted by Crippen LogP contribution is -2.65. The van der Waals surface area contributed by atoms with E-state index in [9.17, 15) is 14.4 Å². The van der Waals surface area contributed by atoms with Crippen molar-refractivity contribution in [1.82, 2.24) is 15.2 Å². The van der Waals surface area contributed by atoms with Crippen LogP contribution < -0.4 is 16.0 Å². The Morgan fingerprint density at radius 3 is 2.63 bits per heavy atom. The maximum Gasteiger partial charge on any atom is 0.223 e. The second-order valence-electron chi connectivity index (χ2n) is 11.6. The number of aromatic nitrogens is 1. The van der Waals surface area contributed by atoms with Gasteiger partial charge in [0.15, 0.2) is 0 Å². The molecule has 8 nitrogen and oxygen atoms in total. The maximum absolute atomic E-state index is 13.7. The molecule has 1 aromatic rings. The Kier molecular flexibility index (Phi) is 6.20. The molecule has 1 aromatic heterocycles. The molecule has 1 saturated heterocycles. The molecule has 3 N–H and O–H groups in total. The van der Waals surface area contributed by atoms with Gasteiger partial charge in [0.05, 0.1) is 23.6 Å². The van der Waals surface area contributed by atoms with E-state index in [1.807, 2.05) is 6.19 Å². The monoisotopic (exact) mass is 481 g/mol. The van der Waals surface area contributed by atoms with Crippen molar-refractivity contribution in [3.63, 3.8) is 0 Å². The lowest BCUT2D eigenvalue weighted by molar-refractivity contribution is -0.145. The second kappa shape index (κ2) is 9.05. The molecule has 1 aliphatic heterocycles. The number of halogens is 1. The molecular formula is C26H36FN7O. The van der Waals surface area contributed by atoms with Crippen molar-refractivity contribution in [2.45, 2.75) is 64.0 Å².